The topological polar surface area (TPSA) is 224 Å². The van der Waals surface area contributed by atoms with Gasteiger partial charge in [0.15, 0.2) is 18.6 Å². The lowest BCUT2D eigenvalue weighted by molar-refractivity contribution is -0.166. The molecule has 0 radical (unpaired) electrons. The third-order valence-corrected chi connectivity index (χ3v) is 17.5. The number of benzene rings is 6. The number of carboxylic acids is 2. The molecule has 0 aliphatic rings. The van der Waals surface area contributed by atoms with E-state index in [-0.39, 0.29) is 34.6 Å². The molecule has 2 atom stereocenters. The predicted molar refractivity (Wildman–Crippen MR) is 300 cm³/mol. The second kappa shape index (κ2) is 27.9. The number of esters is 2. The summed E-state index contributed by atoms with van der Waals surface area (Å²) in [6.45, 7) is 0. The van der Waals surface area contributed by atoms with E-state index in [1.807, 2.05) is 121 Å². The van der Waals surface area contributed by atoms with Crippen molar-refractivity contribution in [1.29, 1.82) is 0 Å². The number of pyridine rings is 2. The van der Waals surface area contributed by atoms with Crippen molar-refractivity contribution in [2.75, 3.05) is 28.4 Å². The number of carbonyl (C=O) groups excluding carboxylic acids is 2. The van der Waals surface area contributed by atoms with Crippen LogP contribution >= 0.6 is 49.1 Å². The molecule has 8 rings (SSSR count). The quantitative estimate of drug-likeness (QED) is 0.0464. The van der Waals surface area contributed by atoms with Crippen LogP contribution in [0.15, 0.2) is 194 Å². The second-order valence-corrected chi connectivity index (χ2v) is 23.5. The first kappa shape index (κ1) is 59.3. The Morgan fingerprint density at radius 2 is 0.667 bits per heavy atom. The fourth-order valence-corrected chi connectivity index (χ4v) is 13.6. The van der Waals surface area contributed by atoms with Crippen LogP contribution < -0.4 is 50.8 Å². The Hall–Kier alpha value is -7.97. The first-order valence-corrected chi connectivity index (χ1v) is 27.9. The molecule has 8 aromatic rings. The molecule has 0 aliphatic carbocycles. The second-order valence-electron chi connectivity index (χ2n) is 16.0. The van der Waals surface area contributed by atoms with Gasteiger partial charge >= 0.3 is 23.9 Å². The molecule has 0 aliphatic heterocycles. The lowest BCUT2D eigenvalue weighted by Crippen LogP contribution is -2.45. The monoisotopic (exact) mass is 1150 g/mol. The van der Waals surface area contributed by atoms with Gasteiger partial charge in [0.1, 0.15) is 0 Å². The Balaban J connectivity index is 0.000000276. The van der Waals surface area contributed by atoms with Crippen LogP contribution in [0.4, 0.5) is 0 Å². The number of rotatable bonds is 18. The third-order valence-electron chi connectivity index (χ3n) is 11.3. The van der Waals surface area contributed by atoms with Gasteiger partial charge in [-0.05, 0) is 24.3 Å². The average molecular weight is 1150 g/mol. The van der Waals surface area contributed by atoms with Gasteiger partial charge in [0, 0.05) is 44.0 Å². The maximum absolute atomic E-state index is 16.1. The highest BCUT2D eigenvalue weighted by atomic mass is 35.6. The van der Waals surface area contributed by atoms with Crippen molar-refractivity contribution in [3.63, 3.8) is 0 Å². The van der Waals surface area contributed by atoms with Gasteiger partial charge in [-0.15, -0.1) is 0 Å². The SMILES string of the molecule is COc1cc(P(=O)(c2ccccc2)c2ccccc2)c(-c2c(P(=O)(c3ccccc3)c3ccccc3)cc(OC)nc2OC)c(OC)n1.ClC(Cl)Cl.O=C(O[C@@H](C(=O)O)[C@@H](OC(=O)c1ccccc1)C(=O)O)c1ccccc1. The Morgan fingerprint density at radius 1 is 0.423 bits per heavy atom. The summed E-state index contributed by atoms with van der Waals surface area (Å²) < 4.78 is 64.2. The van der Waals surface area contributed by atoms with Crippen molar-refractivity contribution in [1.82, 2.24) is 9.97 Å². The van der Waals surface area contributed by atoms with Crippen LogP contribution in [0.1, 0.15) is 20.7 Å². The summed E-state index contributed by atoms with van der Waals surface area (Å²) in [5.74, 6) is -5.07. The van der Waals surface area contributed by atoms with Crippen LogP contribution in [-0.4, -0.2) is 89.0 Å². The highest BCUT2D eigenvalue weighted by Gasteiger charge is 2.43. The Morgan fingerprint density at radius 3 is 0.885 bits per heavy atom. The number of aromatic nitrogens is 2. The Bertz CT molecular complexity index is 3090. The maximum atomic E-state index is 16.1. The molecule has 0 saturated carbocycles. The zero-order valence-corrected chi connectivity index (χ0v) is 46.0. The van der Waals surface area contributed by atoms with Crippen LogP contribution in [0.2, 0.25) is 0 Å². The van der Waals surface area contributed by atoms with Crippen LogP contribution in [0.25, 0.3) is 11.1 Å². The zero-order chi connectivity index (χ0) is 56.4. The van der Waals surface area contributed by atoms with Gasteiger partial charge in [0.25, 0.3) is 0 Å². The molecule has 0 unspecified atom stereocenters. The number of hydrogen-bond acceptors (Lipinski definition) is 14. The van der Waals surface area contributed by atoms with Gasteiger partial charge in [-0.3, -0.25) is 0 Å². The van der Waals surface area contributed by atoms with Crippen molar-refractivity contribution in [3.05, 3.63) is 205 Å². The molecule has 0 fully saturated rings. The molecule has 2 heterocycles. The number of alkyl halides is 3. The van der Waals surface area contributed by atoms with Crippen molar-refractivity contribution in [2.45, 2.75) is 16.5 Å². The number of nitrogens with zero attached hydrogens (tertiary/aromatic N) is 2. The minimum Gasteiger partial charge on any atom is -0.481 e. The average Bonchev–Trinajstić information content (AvgIpc) is 3.53. The number of hydrogen-bond donors (Lipinski definition) is 2. The summed E-state index contributed by atoms with van der Waals surface area (Å²) in [6.07, 6.45) is -4.43. The third kappa shape index (κ3) is 13.9. The summed E-state index contributed by atoms with van der Waals surface area (Å²) in [5.41, 5.74) is 0.668. The number of aliphatic carboxylic acids is 2. The summed E-state index contributed by atoms with van der Waals surface area (Å²) in [5, 5.41) is 21.5. The lowest BCUT2D eigenvalue weighted by Gasteiger charge is -2.28. The fourth-order valence-electron chi connectivity index (χ4n) is 7.85. The van der Waals surface area contributed by atoms with Crippen LogP contribution in [0.3, 0.4) is 0 Å². The standard InChI is InChI=1S/C38H34N2O6P2.C18H14O8.CHCl3/c1-43-33-25-31(47(41,27-17-9-5-10-18-27)28-19-11-6-12-20-28)35(37(39-33)45-3)36-32(26-34(44-2)40-38(36)46-4)48(42,29-21-13-7-14-22-29)30-23-15-8-16-24-30;19-15(20)13(25-17(23)11-7-3-1-4-8-11)14(16(21)22)26-18(24)12-9-5-2-6-10-12;2-1(3)4/h5-26H,1-4H3;1-10,13-14H,(H,19,20)(H,21,22);1H/t;13-,14-;/m.1./s1. The van der Waals surface area contributed by atoms with Crippen LogP contribution in [-0.2, 0) is 28.2 Å². The maximum Gasteiger partial charge on any atom is 0.349 e. The van der Waals surface area contributed by atoms with E-state index in [9.17, 15) is 29.4 Å². The summed E-state index contributed by atoms with van der Waals surface area (Å²) in [7, 11) is -1.54. The summed E-state index contributed by atoms with van der Waals surface area (Å²) >= 11 is 14.4. The highest BCUT2D eigenvalue weighted by molar-refractivity contribution is 7.86. The molecule has 21 heteroatoms. The van der Waals surface area contributed by atoms with Crippen molar-refractivity contribution in [2.24, 2.45) is 0 Å². The number of carboxylic acid groups (broad SMARTS) is 2. The zero-order valence-electron chi connectivity index (χ0n) is 41.9. The fraction of sp³-hybridized carbons (Fsp3) is 0.123. The van der Waals surface area contributed by atoms with Gasteiger partial charge in [-0.1, -0.05) is 193 Å². The van der Waals surface area contributed by atoms with Gasteiger partial charge in [0.05, 0.1) is 50.7 Å². The number of methoxy groups -OCH3 is 4. The minimum atomic E-state index is -3.73. The van der Waals surface area contributed by atoms with Gasteiger partial charge < -0.3 is 47.8 Å². The normalized spacial score (nSPS) is 11.7. The molecule has 2 aromatic heterocycles. The molecule has 6 aromatic carbocycles. The van der Waals surface area contributed by atoms with E-state index in [1.54, 1.807) is 24.3 Å². The Kier molecular flexibility index (Phi) is 21.2. The number of ether oxygens (including phenoxy) is 6. The van der Waals surface area contributed by atoms with Crippen LogP contribution in [0, 0.1) is 0 Å². The van der Waals surface area contributed by atoms with Crippen LogP contribution in [0.5, 0.6) is 23.5 Å². The molecule has 0 amide bonds. The summed E-state index contributed by atoms with van der Waals surface area (Å²) in [4.78, 5) is 56.2. The molecule has 402 valence electrons. The van der Waals surface area contributed by atoms with Crippen molar-refractivity contribution < 1.29 is 66.9 Å². The van der Waals surface area contributed by atoms with Gasteiger partial charge in [-0.2, -0.15) is 9.97 Å². The first-order valence-electron chi connectivity index (χ1n) is 23.1. The number of halogens is 3. The lowest BCUT2D eigenvalue weighted by atomic mass is 10.1. The van der Waals surface area contributed by atoms with Crippen molar-refractivity contribution in [3.8, 4) is 34.6 Å². The largest absolute Gasteiger partial charge is 0.481 e. The molecule has 0 spiro atoms. The predicted octanol–water partition coefficient (Wildman–Crippen LogP) is 9.05. The molecule has 16 nitrogen and oxygen atoms in total. The first-order chi connectivity index (χ1) is 37.5. The van der Waals surface area contributed by atoms with E-state index in [0.29, 0.717) is 43.0 Å². The van der Waals surface area contributed by atoms with Crippen molar-refractivity contribution >= 4 is 105 Å². The Labute approximate surface area is 464 Å². The molecule has 0 saturated heterocycles. The van der Waals surface area contributed by atoms with E-state index in [4.69, 9.17) is 63.2 Å². The van der Waals surface area contributed by atoms with E-state index >= 15 is 9.13 Å². The molecule has 0 bridgehead atoms. The van der Waals surface area contributed by atoms with E-state index < -0.39 is 54.7 Å². The molecular weight excluding hydrogens is 1100 g/mol. The number of carbonyl (C=O) groups is 4. The molecular formula is C57H49Cl3N2O14P2. The van der Waals surface area contributed by atoms with E-state index in [0.717, 1.165) is 0 Å². The smallest absolute Gasteiger partial charge is 0.349 e. The highest BCUT2D eigenvalue weighted by Crippen LogP contribution is 2.53. The molecule has 2 N–H and O–H groups in total. The molecule has 78 heavy (non-hydrogen) atoms. The summed E-state index contributed by atoms with van der Waals surface area (Å²) in [6, 6.07) is 55.1. The van der Waals surface area contributed by atoms with Gasteiger partial charge in [0.2, 0.25) is 35.7 Å². The minimum absolute atomic E-state index is 0.0253. The van der Waals surface area contributed by atoms with E-state index in [1.165, 1.54) is 77.0 Å². The van der Waals surface area contributed by atoms with Gasteiger partial charge in [-0.25, -0.2) is 19.2 Å². The van der Waals surface area contributed by atoms with E-state index in [2.05, 4.69) is 9.97 Å².